The molecule has 0 amide bonds. The van der Waals surface area contributed by atoms with Crippen LogP contribution in [-0.4, -0.2) is 9.61 Å². The van der Waals surface area contributed by atoms with E-state index >= 15 is 0 Å². The fourth-order valence-corrected chi connectivity index (χ4v) is 2.61. The zero-order chi connectivity index (χ0) is 13.6. The molecule has 3 rings (SSSR count). The van der Waals surface area contributed by atoms with Crippen LogP contribution < -0.4 is 5.73 Å². The monoisotopic (exact) mass is 291 g/mol. The minimum Gasteiger partial charge on any atom is -0.395 e. The molecule has 0 aliphatic heterocycles. The van der Waals surface area contributed by atoms with Gasteiger partial charge in [0.25, 0.3) is 0 Å². The minimum atomic E-state index is 0.590. The van der Waals surface area contributed by atoms with Crippen molar-refractivity contribution in [3.05, 3.63) is 52.1 Å². The van der Waals surface area contributed by atoms with Gasteiger partial charge in [-0.1, -0.05) is 29.3 Å². The van der Waals surface area contributed by atoms with Crippen molar-refractivity contribution < 1.29 is 0 Å². The highest BCUT2D eigenvalue weighted by Gasteiger charge is 2.12. The van der Waals surface area contributed by atoms with Crippen LogP contribution in [0.1, 0.15) is 5.69 Å². The van der Waals surface area contributed by atoms with Crippen LogP contribution in [0.4, 0.5) is 5.69 Å². The molecule has 0 saturated carbocycles. The summed E-state index contributed by atoms with van der Waals surface area (Å²) in [5.41, 5.74) is 10.1. The molecule has 5 heteroatoms. The van der Waals surface area contributed by atoms with E-state index in [1.54, 1.807) is 16.6 Å². The summed E-state index contributed by atoms with van der Waals surface area (Å²) in [6, 6.07) is 11.2. The zero-order valence-corrected chi connectivity index (χ0v) is 11.7. The first kappa shape index (κ1) is 12.3. The van der Waals surface area contributed by atoms with Crippen molar-refractivity contribution in [2.75, 3.05) is 5.73 Å². The third-order valence-corrected chi connectivity index (χ3v) is 3.64. The van der Waals surface area contributed by atoms with Gasteiger partial charge in [0.15, 0.2) is 0 Å². The van der Waals surface area contributed by atoms with E-state index in [1.807, 2.05) is 31.2 Å². The molecule has 3 aromatic rings. The first-order valence-corrected chi connectivity index (χ1v) is 6.53. The average molecular weight is 292 g/mol. The molecule has 2 heterocycles. The van der Waals surface area contributed by atoms with Gasteiger partial charge in [-0.2, -0.15) is 5.10 Å². The van der Waals surface area contributed by atoms with Gasteiger partial charge >= 0.3 is 0 Å². The Labute approximate surface area is 120 Å². The smallest absolute Gasteiger partial charge is 0.0901 e. The second-order valence-electron chi connectivity index (χ2n) is 4.33. The van der Waals surface area contributed by atoms with Crippen molar-refractivity contribution in [1.29, 1.82) is 0 Å². The van der Waals surface area contributed by atoms with Crippen LogP contribution in [0.5, 0.6) is 0 Å². The molecule has 0 bridgehead atoms. The van der Waals surface area contributed by atoms with Gasteiger partial charge in [-0.25, -0.2) is 4.52 Å². The molecule has 0 spiro atoms. The third kappa shape index (κ3) is 1.95. The van der Waals surface area contributed by atoms with Crippen molar-refractivity contribution in [2.45, 2.75) is 6.92 Å². The number of hydrogen-bond acceptors (Lipinski definition) is 2. The van der Waals surface area contributed by atoms with Crippen LogP contribution in [0, 0.1) is 6.92 Å². The van der Waals surface area contributed by atoms with Crippen LogP contribution in [0.15, 0.2) is 36.4 Å². The lowest BCUT2D eigenvalue weighted by atomic mass is 10.1. The van der Waals surface area contributed by atoms with Gasteiger partial charge in [-0.3, -0.25) is 0 Å². The highest BCUT2D eigenvalue weighted by molar-refractivity contribution is 6.36. The Bertz CT molecular complexity index is 778. The van der Waals surface area contributed by atoms with E-state index in [0.717, 1.165) is 22.5 Å². The zero-order valence-electron chi connectivity index (χ0n) is 10.2. The predicted molar refractivity (Wildman–Crippen MR) is 79.8 cm³/mol. The summed E-state index contributed by atoms with van der Waals surface area (Å²) in [7, 11) is 0. The Morgan fingerprint density at radius 2 is 1.95 bits per heavy atom. The number of aromatic nitrogens is 2. The second kappa shape index (κ2) is 4.44. The topological polar surface area (TPSA) is 43.3 Å². The van der Waals surface area contributed by atoms with Gasteiger partial charge in [0.2, 0.25) is 0 Å². The lowest BCUT2D eigenvalue weighted by Crippen LogP contribution is -1.94. The van der Waals surface area contributed by atoms with Crippen molar-refractivity contribution in [1.82, 2.24) is 9.61 Å². The van der Waals surface area contributed by atoms with Crippen LogP contribution in [0.25, 0.3) is 16.8 Å². The summed E-state index contributed by atoms with van der Waals surface area (Å²) in [6.07, 6.45) is 0. The number of aryl methyl sites for hydroxylation is 1. The molecule has 19 heavy (non-hydrogen) atoms. The van der Waals surface area contributed by atoms with E-state index in [0.29, 0.717) is 15.7 Å². The lowest BCUT2D eigenvalue weighted by molar-refractivity contribution is 0.942. The first-order valence-electron chi connectivity index (χ1n) is 5.77. The number of halogens is 2. The Balaban J connectivity index is 2.33. The number of nitrogens with zero attached hydrogens (tertiary/aromatic N) is 2. The average Bonchev–Trinajstić information content (AvgIpc) is 2.66. The highest BCUT2D eigenvalue weighted by Crippen LogP contribution is 2.31. The molecule has 0 aliphatic rings. The fraction of sp³-hybridized carbons (Fsp3) is 0.0714. The minimum absolute atomic E-state index is 0.590. The molecule has 0 saturated heterocycles. The summed E-state index contributed by atoms with van der Waals surface area (Å²) in [6.45, 7) is 1.88. The number of fused-ring (bicyclic) bond motifs is 1. The van der Waals surface area contributed by atoms with Crippen molar-refractivity contribution in [3.8, 4) is 11.3 Å². The highest BCUT2D eigenvalue weighted by atomic mass is 35.5. The fourth-order valence-electron chi connectivity index (χ4n) is 2.10. The van der Waals surface area contributed by atoms with Gasteiger partial charge in [0, 0.05) is 10.6 Å². The number of nitrogens with two attached hydrogens (primary N) is 1. The predicted octanol–water partition coefficient (Wildman–Crippen LogP) is 4.20. The number of benzene rings is 1. The van der Waals surface area contributed by atoms with Crippen LogP contribution in [0.3, 0.4) is 0 Å². The maximum absolute atomic E-state index is 6.25. The Hall–Kier alpha value is -1.71. The van der Waals surface area contributed by atoms with Gasteiger partial charge in [-0.15, -0.1) is 0 Å². The van der Waals surface area contributed by atoms with E-state index in [4.69, 9.17) is 28.9 Å². The number of rotatable bonds is 1. The van der Waals surface area contributed by atoms with Crippen LogP contribution in [0.2, 0.25) is 10.0 Å². The number of pyridine rings is 1. The number of nitrogen functional groups attached to an aromatic ring is 1. The van der Waals surface area contributed by atoms with Gasteiger partial charge in [-0.05, 0) is 37.3 Å². The van der Waals surface area contributed by atoms with Crippen molar-refractivity contribution in [2.24, 2.45) is 0 Å². The van der Waals surface area contributed by atoms with Gasteiger partial charge in [0.1, 0.15) is 0 Å². The largest absolute Gasteiger partial charge is 0.395 e. The quantitative estimate of drug-likeness (QED) is 0.730. The van der Waals surface area contributed by atoms with E-state index in [2.05, 4.69) is 5.10 Å². The van der Waals surface area contributed by atoms with Crippen molar-refractivity contribution >= 4 is 34.4 Å². The Kier molecular flexibility index (Phi) is 2.88. The third-order valence-electron chi connectivity index (χ3n) is 3.09. The SMILES string of the molecule is Cc1nn2c(-c3ccc(Cl)cc3Cl)cccc2c1N. The summed E-state index contributed by atoms with van der Waals surface area (Å²) in [5.74, 6) is 0. The Morgan fingerprint density at radius 1 is 1.16 bits per heavy atom. The molecule has 0 aliphatic carbocycles. The second-order valence-corrected chi connectivity index (χ2v) is 5.17. The van der Waals surface area contributed by atoms with E-state index in [1.165, 1.54) is 0 Å². The molecule has 96 valence electrons. The van der Waals surface area contributed by atoms with Crippen LogP contribution >= 0.6 is 23.2 Å². The summed E-state index contributed by atoms with van der Waals surface area (Å²) >= 11 is 12.2. The molecule has 0 radical (unpaired) electrons. The Morgan fingerprint density at radius 3 is 2.68 bits per heavy atom. The maximum Gasteiger partial charge on any atom is 0.0901 e. The molecular weight excluding hydrogens is 281 g/mol. The molecule has 2 N–H and O–H groups in total. The molecule has 2 aromatic heterocycles. The number of hydrogen-bond donors (Lipinski definition) is 1. The normalized spacial score (nSPS) is 11.1. The number of anilines is 1. The van der Waals surface area contributed by atoms with E-state index in [-0.39, 0.29) is 0 Å². The molecule has 0 fully saturated rings. The van der Waals surface area contributed by atoms with Gasteiger partial charge in [0.05, 0.1) is 27.6 Å². The first-order chi connectivity index (χ1) is 9.08. The summed E-state index contributed by atoms with van der Waals surface area (Å²) in [4.78, 5) is 0. The standard InChI is InChI=1S/C14H11Cl2N3/c1-8-14(17)13-4-2-3-12(19(13)18-8)10-6-5-9(15)7-11(10)16/h2-7H,17H2,1H3. The van der Waals surface area contributed by atoms with Gasteiger partial charge < -0.3 is 5.73 Å². The lowest BCUT2D eigenvalue weighted by Gasteiger charge is -2.07. The van der Waals surface area contributed by atoms with Crippen LogP contribution in [-0.2, 0) is 0 Å². The van der Waals surface area contributed by atoms with E-state index in [9.17, 15) is 0 Å². The van der Waals surface area contributed by atoms with E-state index < -0.39 is 0 Å². The molecule has 3 nitrogen and oxygen atoms in total. The molecule has 0 atom stereocenters. The summed E-state index contributed by atoms with van der Waals surface area (Å²) in [5, 5.41) is 5.65. The molecular formula is C14H11Cl2N3. The molecule has 1 aromatic carbocycles. The maximum atomic E-state index is 6.25. The van der Waals surface area contributed by atoms with Crippen molar-refractivity contribution in [3.63, 3.8) is 0 Å². The molecule has 0 unspecified atom stereocenters. The summed E-state index contributed by atoms with van der Waals surface area (Å²) < 4.78 is 1.81.